The summed E-state index contributed by atoms with van der Waals surface area (Å²) in [5, 5.41) is 2.64. The maximum absolute atomic E-state index is 12.8. The zero-order valence-corrected chi connectivity index (χ0v) is 16.2. The quantitative estimate of drug-likeness (QED) is 0.732. The zero-order valence-electron chi connectivity index (χ0n) is 13.0. The van der Waals surface area contributed by atoms with Crippen LogP contribution in [-0.2, 0) is 16.2 Å². The molecule has 0 atom stereocenters. The molecule has 5 nitrogen and oxygen atoms in total. The lowest BCUT2D eigenvalue weighted by molar-refractivity contribution is -0.137. The number of piperazine rings is 1. The van der Waals surface area contributed by atoms with Crippen molar-refractivity contribution in [3.63, 3.8) is 0 Å². The first-order valence-electron chi connectivity index (χ1n) is 6.99. The number of hydrogen-bond donors (Lipinski definition) is 2. The molecule has 0 aliphatic carbocycles. The molecule has 0 saturated carbocycles. The van der Waals surface area contributed by atoms with Gasteiger partial charge in [-0.2, -0.15) is 13.2 Å². The minimum Gasteiger partial charge on any atom is -0.314 e. The number of halogens is 6. The van der Waals surface area contributed by atoms with Crippen LogP contribution >= 0.6 is 36.4 Å². The first-order chi connectivity index (χ1) is 10.7. The second-order valence-electron chi connectivity index (χ2n) is 5.13. The molecule has 2 rings (SSSR count). The number of benzene rings is 1. The van der Waals surface area contributed by atoms with E-state index in [-0.39, 0.29) is 31.4 Å². The number of rotatable bonds is 5. The molecule has 1 heterocycles. The van der Waals surface area contributed by atoms with Crippen molar-refractivity contribution in [3.8, 4) is 0 Å². The van der Waals surface area contributed by atoms with E-state index >= 15 is 0 Å². The lowest BCUT2D eigenvalue weighted by atomic mass is 10.2. The molecule has 0 amide bonds. The standard InChI is InChI=1S/C13H17ClF3N3O2S.2ClH/c14-12-2-1-10(9-11(12)13(15,16)17)23(21,22)19-5-8-20-6-3-18-4-7-20;;/h1-2,9,18-19H,3-8H2;2*1H. The topological polar surface area (TPSA) is 61.4 Å². The predicted octanol–water partition coefficient (Wildman–Crippen LogP) is 2.39. The van der Waals surface area contributed by atoms with Crippen molar-refractivity contribution in [2.75, 3.05) is 39.3 Å². The van der Waals surface area contributed by atoms with Gasteiger partial charge in [-0.15, -0.1) is 24.8 Å². The van der Waals surface area contributed by atoms with Crippen LogP contribution in [-0.4, -0.2) is 52.6 Å². The summed E-state index contributed by atoms with van der Waals surface area (Å²) in [7, 11) is -4.01. The third-order valence-corrected chi connectivity index (χ3v) is 5.27. The van der Waals surface area contributed by atoms with E-state index in [1.165, 1.54) is 0 Å². The lowest BCUT2D eigenvalue weighted by Crippen LogP contribution is -2.46. The Labute approximate surface area is 162 Å². The molecule has 0 radical (unpaired) electrons. The van der Waals surface area contributed by atoms with Crippen molar-refractivity contribution < 1.29 is 21.6 Å². The van der Waals surface area contributed by atoms with Crippen molar-refractivity contribution in [1.29, 1.82) is 0 Å². The number of sulfonamides is 1. The molecule has 146 valence electrons. The van der Waals surface area contributed by atoms with Crippen molar-refractivity contribution in [2.45, 2.75) is 11.1 Å². The molecule has 25 heavy (non-hydrogen) atoms. The fraction of sp³-hybridized carbons (Fsp3) is 0.538. The molecule has 1 fully saturated rings. The minimum atomic E-state index is -4.70. The summed E-state index contributed by atoms with van der Waals surface area (Å²) in [6, 6.07) is 2.55. The molecule has 1 aromatic rings. The fourth-order valence-corrected chi connectivity index (χ4v) is 3.52. The summed E-state index contributed by atoms with van der Waals surface area (Å²) in [6.45, 7) is 3.91. The summed E-state index contributed by atoms with van der Waals surface area (Å²) in [5.74, 6) is 0. The van der Waals surface area contributed by atoms with Gasteiger partial charge in [0.2, 0.25) is 10.0 Å². The number of hydrogen-bond acceptors (Lipinski definition) is 4. The van der Waals surface area contributed by atoms with Crippen molar-refractivity contribution in [2.24, 2.45) is 0 Å². The molecule has 0 unspecified atom stereocenters. The highest BCUT2D eigenvalue weighted by molar-refractivity contribution is 7.89. The van der Waals surface area contributed by atoms with Crippen LogP contribution in [0.15, 0.2) is 23.1 Å². The van der Waals surface area contributed by atoms with Gasteiger partial charge in [-0.25, -0.2) is 13.1 Å². The summed E-state index contributed by atoms with van der Waals surface area (Å²) < 4.78 is 64.9. The maximum Gasteiger partial charge on any atom is 0.417 e. The van der Waals surface area contributed by atoms with Crippen molar-refractivity contribution >= 4 is 46.4 Å². The molecule has 12 heteroatoms. The van der Waals surface area contributed by atoms with Crippen molar-refractivity contribution in [1.82, 2.24) is 14.9 Å². The Morgan fingerprint density at radius 1 is 1.20 bits per heavy atom. The lowest BCUT2D eigenvalue weighted by Gasteiger charge is -2.27. The first-order valence-corrected chi connectivity index (χ1v) is 8.86. The van der Waals surface area contributed by atoms with E-state index in [0.717, 1.165) is 38.3 Å². The van der Waals surface area contributed by atoms with Gasteiger partial charge >= 0.3 is 6.18 Å². The van der Waals surface area contributed by atoms with E-state index in [1.54, 1.807) is 0 Å². The first kappa shape index (κ1) is 24.7. The van der Waals surface area contributed by atoms with E-state index in [4.69, 9.17) is 11.6 Å². The van der Waals surface area contributed by atoms with E-state index in [0.29, 0.717) is 12.6 Å². The normalized spacial score (nSPS) is 16.0. The summed E-state index contributed by atoms with van der Waals surface area (Å²) in [4.78, 5) is 1.62. The van der Waals surface area contributed by atoms with E-state index in [1.807, 2.05) is 0 Å². The van der Waals surface area contributed by atoms with Gasteiger partial charge in [0, 0.05) is 39.3 Å². The van der Waals surface area contributed by atoms with Gasteiger partial charge in [0.25, 0.3) is 0 Å². The van der Waals surface area contributed by atoms with Gasteiger partial charge < -0.3 is 5.32 Å². The highest BCUT2D eigenvalue weighted by Crippen LogP contribution is 2.35. The van der Waals surface area contributed by atoms with Crippen LogP contribution in [0.1, 0.15) is 5.56 Å². The Hall–Kier alpha value is -0.290. The van der Waals surface area contributed by atoms with Gasteiger partial charge in [-0.3, -0.25) is 4.90 Å². The molecule has 1 saturated heterocycles. The average molecular weight is 445 g/mol. The molecule has 2 N–H and O–H groups in total. The van der Waals surface area contributed by atoms with Crippen LogP contribution in [0.2, 0.25) is 5.02 Å². The van der Waals surface area contributed by atoms with Crippen molar-refractivity contribution in [3.05, 3.63) is 28.8 Å². The molecular formula is C13H19Cl3F3N3O2S. The summed E-state index contributed by atoms with van der Waals surface area (Å²) in [6.07, 6.45) is -4.70. The van der Waals surface area contributed by atoms with Gasteiger partial charge in [-0.05, 0) is 18.2 Å². The molecule has 0 aromatic heterocycles. The third-order valence-electron chi connectivity index (χ3n) is 3.48. The van der Waals surface area contributed by atoms with E-state index < -0.39 is 31.7 Å². The molecular weight excluding hydrogens is 426 g/mol. The SMILES string of the molecule is Cl.Cl.O=S(=O)(NCCN1CCNCC1)c1ccc(Cl)c(C(F)(F)F)c1. The summed E-state index contributed by atoms with van der Waals surface area (Å²) in [5.41, 5.74) is -1.16. The van der Waals surface area contributed by atoms with Gasteiger partial charge in [0.15, 0.2) is 0 Å². The Bertz CT molecular complexity index is 654. The zero-order chi connectivity index (χ0) is 17.1. The molecule has 1 aliphatic heterocycles. The highest BCUT2D eigenvalue weighted by atomic mass is 35.5. The smallest absolute Gasteiger partial charge is 0.314 e. The second kappa shape index (κ2) is 10.1. The number of nitrogens with one attached hydrogen (secondary N) is 2. The van der Waals surface area contributed by atoms with Crippen LogP contribution in [0.5, 0.6) is 0 Å². The maximum atomic E-state index is 12.8. The molecule has 0 spiro atoms. The highest BCUT2D eigenvalue weighted by Gasteiger charge is 2.34. The molecule has 1 aliphatic rings. The Morgan fingerprint density at radius 2 is 1.80 bits per heavy atom. The van der Waals surface area contributed by atoms with Crippen LogP contribution in [0.3, 0.4) is 0 Å². The van der Waals surface area contributed by atoms with Gasteiger partial charge in [-0.1, -0.05) is 11.6 Å². The number of nitrogens with zero attached hydrogens (tertiary/aromatic N) is 1. The molecule has 0 bridgehead atoms. The van der Waals surface area contributed by atoms with E-state index in [2.05, 4.69) is 14.9 Å². The Morgan fingerprint density at radius 3 is 2.36 bits per heavy atom. The van der Waals surface area contributed by atoms with Gasteiger partial charge in [0.1, 0.15) is 0 Å². The predicted molar refractivity (Wildman–Crippen MR) is 95.4 cm³/mol. The van der Waals surface area contributed by atoms with Crippen LogP contribution in [0.25, 0.3) is 0 Å². The van der Waals surface area contributed by atoms with Crippen LogP contribution < -0.4 is 10.0 Å². The van der Waals surface area contributed by atoms with Gasteiger partial charge in [0.05, 0.1) is 15.5 Å². The molecule has 1 aromatic carbocycles. The summed E-state index contributed by atoms with van der Waals surface area (Å²) >= 11 is 5.49. The third kappa shape index (κ3) is 7.09. The Kier molecular flexibility index (Phi) is 10.0. The van der Waals surface area contributed by atoms with E-state index in [9.17, 15) is 21.6 Å². The monoisotopic (exact) mass is 443 g/mol. The van der Waals surface area contributed by atoms with Crippen LogP contribution in [0.4, 0.5) is 13.2 Å². The second-order valence-corrected chi connectivity index (χ2v) is 7.30. The largest absolute Gasteiger partial charge is 0.417 e. The number of alkyl halides is 3. The average Bonchev–Trinajstić information content (AvgIpc) is 2.47. The minimum absolute atomic E-state index is 0. The Balaban J connectivity index is 0.00000288. The van der Waals surface area contributed by atoms with Crippen LogP contribution in [0, 0.1) is 0 Å². The fourth-order valence-electron chi connectivity index (χ4n) is 2.24.